The third-order valence-corrected chi connectivity index (χ3v) is 11.6. The number of nitrogens with zero attached hydrogens (tertiary/aromatic N) is 2. The predicted molar refractivity (Wildman–Crippen MR) is 258 cm³/mol. The number of nitrogens with two attached hydrogens (primary N) is 3. The normalized spacial score (nSPS) is 15.2. The van der Waals surface area contributed by atoms with Gasteiger partial charge in [-0.05, 0) is 102 Å². The van der Waals surface area contributed by atoms with Gasteiger partial charge in [0, 0.05) is 49.5 Å². The molecule has 68 heavy (non-hydrogen) atoms. The molecule has 21 heteroatoms. The number of primary amides is 1. The van der Waals surface area contributed by atoms with Gasteiger partial charge in [0.25, 0.3) is 5.91 Å². The molecule has 2 heterocycles. The number of nitrogens with one attached hydrogen (secondary N) is 8. The third kappa shape index (κ3) is 18.2. The molecule has 0 bridgehead atoms. The van der Waals surface area contributed by atoms with E-state index in [0.29, 0.717) is 77.4 Å². The molecule has 0 saturated carbocycles. The minimum atomic E-state index is -1.05. The highest BCUT2D eigenvalue weighted by Gasteiger charge is 2.38. The molecule has 4 rings (SSSR count). The van der Waals surface area contributed by atoms with Gasteiger partial charge >= 0.3 is 6.03 Å². The predicted octanol–water partition coefficient (Wildman–Crippen LogP) is -0.477. The highest BCUT2D eigenvalue weighted by molar-refractivity contribution is 6.04. The molecule has 1 fully saturated rings. The zero-order valence-electron chi connectivity index (χ0n) is 38.9. The lowest BCUT2D eigenvalue weighted by Gasteiger charge is -2.24. The summed E-state index contributed by atoms with van der Waals surface area (Å²) < 4.78 is 0. The Morgan fingerprint density at radius 3 is 2.24 bits per heavy atom. The monoisotopic (exact) mass is 944 g/mol. The SMILES string of the molecule is CNC(CCCN=C(N)N)C(=O)NC(Cc1c[nH]c2ccccc12)C(=O)NC(CCCCNC(Cc1ccccc1)C(=O)CCC1NC(=O)N(CCCNCCCC(=O)NCC=O)C1=O)C(N)=O. The standard InChI is InChI=1S/C47H69N13O8/c1-51-36(17-9-24-55-46(49)50)43(65)58-39(29-32-30-56-34-15-6-5-14-33(32)34)44(66)57-35(42(48)64)16-7-8-23-53-38(28-31-12-3-2-4-13-31)40(62)20-19-37-45(67)60(47(68)59-37)26-11-22-52-21-10-18-41(63)54-25-27-61/h2-6,12-15,27,30,35-39,51-53,56H,7-11,16-26,28-29H2,1H3,(H2,48,64)(H,54,63)(H,57,66)(H,58,65)(H,59,68)(H4,49,50,55). The molecule has 5 atom stereocenters. The molecular formula is C47H69N13O8. The second kappa shape index (κ2) is 29.1. The number of aliphatic imine (C=N–C) groups is 1. The fraction of sp³-hybridized carbons (Fsp3) is 0.511. The summed E-state index contributed by atoms with van der Waals surface area (Å²) >= 11 is 0. The number of likely N-dealkylation sites (N-methyl/N-ethyl adjacent to an activating group) is 1. The Morgan fingerprint density at radius 1 is 0.794 bits per heavy atom. The van der Waals surface area contributed by atoms with Gasteiger partial charge in [-0.3, -0.25) is 38.7 Å². The Bertz CT molecular complexity index is 2160. The van der Waals surface area contributed by atoms with Gasteiger partial charge in [0.1, 0.15) is 30.2 Å². The lowest BCUT2D eigenvalue weighted by atomic mass is 9.97. The Balaban J connectivity index is 1.29. The molecule has 14 N–H and O–H groups in total. The minimum absolute atomic E-state index is 0.0159. The van der Waals surface area contributed by atoms with Crippen molar-refractivity contribution in [1.82, 2.24) is 47.1 Å². The zero-order chi connectivity index (χ0) is 49.3. The fourth-order valence-electron chi connectivity index (χ4n) is 7.92. The van der Waals surface area contributed by atoms with Crippen molar-refractivity contribution < 1.29 is 38.4 Å². The number of aldehydes is 1. The van der Waals surface area contributed by atoms with E-state index in [1.54, 1.807) is 13.2 Å². The second-order valence-corrected chi connectivity index (χ2v) is 16.7. The molecule has 3 aromatic rings. The number of aromatic amines is 1. The quantitative estimate of drug-likeness (QED) is 0.0119. The van der Waals surface area contributed by atoms with Crippen LogP contribution in [0, 0.1) is 0 Å². The summed E-state index contributed by atoms with van der Waals surface area (Å²) in [4.78, 5) is 110. The van der Waals surface area contributed by atoms with Crippen molar-refractivity contribution in [3.8, 4) is 0 Å². The van der Waals surface area contributed by atoms with Gasteiger partial charge in [0.2, 0.25) is 23.6 Å². The van der Waals surface area contributed by atoms with Crippen LogP contribution in [0.1, 0.15) is 75.3 Å². The van der Waals surface area contributed by atoms with Crippen LogP contribution in [0.2, 0.25) is 0 Å². The molecular weight excluding hydrogens is 875 g/mol. The highest BCUT2D eigenvalue weighted by atomic mass is 16.2. The van der Waals surface area contributed by atoms with E-state index in [4.69, 9.17) is 17.2 Å². The van der Waals surface area contributed by atoms with Gasteiger partial charge in [-0.25, -0.2) is 4.79 Å². The number of ketones is 1. The number of hydrogen-bond acceptors (Lipinski definition) is 12. The summed E-state index contributed by atoms with van der Waals surface area (Å²) in [5, 5.41) is 21.2. The molecule has 1 aromatic heterocycles. The number of carbonyl (C=O) groups excluding carboxylic acids is 8. The van der Waals surface area contributed by atoms with Crippen molar-refractivity contribution >= 4 is 64.5 Å². The topological polar surface area (TPSA) is 330 Å². The average Bonchev–Trinajstić information content (AvgIpc) is 3.86. The number of para-hydroxylation sites is 1. The van der Waals surface area contributed by atoms with E-state index < -0.39 is 54.0 Å². The summed E-state index contributed by atoms with van der Waals surface area (Å²) in [5.41, 5.74) is 19.3. The van der Waals surface area contributed by atoms with Gasteiger partial charge < -0.3 is 64.2 Å². The number of amides is 7. The number of benzene rings is 2. The van der Waals surface area contributed by atoms with E-state index in [0.717, 1.165) is 26.9 Å². The van der Waals surface area contributed by atoms with E-state index >= 15 is 0 Å². The number of unbranched alkanes of at least 4 members (excludes halogenated alkanes) is 1. The summed E-state index contributed by atoms with van der Waals surface area (Å²) in [6.07, 6.45) is 6.54. The van der Waals surface area contributed by atoms with E-state index in [1.165, 1.54) is 0 Å². The van der Waals surface area contributed by atoms with Gasteiger partial charge in [0.15, 0.2) is 5.96 Å². The maximum Gasteiger partial charge on any atom is 0.324 e. The molecule has 0 spiro atoms. The molecule has 2 aromatic carbocycles. The lowest BCUT2D eigenvalue weighted by molar-refractivity contribution is -0.132. The number of fused-ring (bicyclic) bond motifs is 1. The summed E-state index contributed by atoms with van der Waals surface area (Å²) in [6.45, 7) is 1.99. The number of imide groups is 1. The van der Waals surface area contributed by atoms with E-state index in [9.17, 15) is 38.4 Å². The van der Waals surface area contributed by atoms with Crippen LogP contribution in [0.5, 0.6) is 0 Å². The lowest BCUT2D eigenvalue weighted by Crippen LogP contribution is -2.56. The summed E-state index contributed by atoms with van der Waals surface area (Å²) in [6, 6.07) is 12.4. The van der Waals surface area contributed by atoms with Crippen LogP contribution in [-0.2, 0) is 46.4 Å². The van der Waals surface area contributed by atoms with Gasteiger partial charge in [-0.1, -0.05) is 48.5 Å². The number of rotatable bonds is 34. The number of hydrogen-bond donors (Lipinski definition) is 11. The van der Waals surface area contributed by atoms with Crippen LogP contribution in [0.15, 0.2) is 65.8 Å². The average molecular weight is 944 g/mol. The largest absolute Gasteiger partial charge is 0.370 e. The van der Waals surface area contributed by atoms with E-state index in [-0.39, 0.29) is 68.8 Å². The van der Waals surface area contributed by atoms with Crippen molar-refractivity contribution in [1.29, 1.82) is 0 Å². The van der Waals surface area contributed by atoms with Crippen molar-refractivity contribution in [2.75, 3.05) is 46.3 Å². The number of carbonyl (C=O) groups is 8. The maximum absolute atomic E-state index is 13.9. The van der Waals surface area contributed by atoms with Crippen LogP contribution >= 0.6 is 0 Å². The summed E-state index contributed by atoms with van der Waals surface area (Å²) in [5.74, 6) is -2.48. The van der Waals surface area contributed by atoms with Crippen molar-refractivity contribution in [3.05, 3.63) is 71.9 Å². The number of urea groups is 1. The summed E-state index contributed by atoms with van der Waals surface area (Å²) in [7, 11) is 1.64. The molecule has 1 aliphatic rings. The molecule has 21 nitrogen and oxygen atoms in total. The van der Waals surface area contributed by atoms with E-state index in [2.05, 4.69) is 47.2 Å². The van der Waals surface area contributed by atoms with Crippen LogP contribution < -0.4 is 54.4 Å². The maximum atomic E-state index is 13.9. The second-order valence-electron chi connectivity index (χ2n) is 16.7. The van der Waals surface area contributed by atoms with Gasteiger partial charge in [0.05, 0.1) is 18.6 Å². The fourth-order valence-corrected chi connectivity index (χ4v) is 7.92. The highest BCUT2D eigenvalue weighted by Crippen LogP contribution is 2.20. The number of guanidine groups is 1. The molecule has 0 radical (unpaired) electrons. The smallest absolute Gasteiger partial charge is 0.324 e. The van der Waals surface area contributed by atoms with Crippen LogP contribution in [0.4, 0.5) is 4.79 Å². The van der Waals surface area contributed by atoms with Gasteiger partial charge in [-0.15, -0.1) is 0 Å². The molecule has 1 saturated heterocycles. The Kier molecular flexibility index (Phi) is 23.1. The Labute approximate surface area is 396 Å². The third-order valence-electron chi connectivity index (χ3n) is 11.6. The number of H-pyrrole nitrogens is 1. The van der Waals surface area contributed by atoms with Gasteiger partial charge in [-0.2, -0.15) is 0 Å². The van der Waals surface area contributed by atoms with Crippen molar-refractivity contribution in [2.24, 2.45) is 22.2 Å². The molecule has 0 aliphatic carbocycles. The van der Waals surface area contributed by atoms with Crippen LogP contribution in [0.3, 0.4) is 0 Å². The first-order chi connectivity index (χ1) is 32.8. The number of Topliss-reactive ketones (excluding diaryl/α,β-unsaturated/α-hetero) is 1. The number of aromatic nitrogens is 1. The Hall–Kier alpha value is -6.71. The van der Waals surface area contributed by atoms with Crippen LogP contribution in [0.25, 0.3) is 10.9 Å². The minimum Gasteiger partial charge on any atom is -0.370 e. The first kappa shape index (κ1) is 53.9. The first-order valence-electron chi connectivity index (χ1n) is 23.3. The van der Waals surface area contributed by atoms with Crippen molar-refractivity contribution in [2.45, 2.75) is 107 Å². The van der Waals surface area contributed by atoms with E-state index in [1.807, 2.05) is 54.6 Å². The van der Waals surface area contributed by atoms with Crippen molar-refractivity contribution in [3.63, 3.8) is 0 Å². The molecule has 5 unspecified atom stereocenters. The first-order valence-corrected chi connectivity index (χ1v) is 23.3. The zero-order valence-corrected chi connectivity index (χ0v) is 38.9. The van der Waals surface area contributed by atoms with Crippen LogP contribution in [-0.4, -0.2) is 140 Å². The molecule has 7 amide bonds. The Morgan fingerprint density at radius 2 is 1.50 bits per heavy atom. The molecule has 370 valence electrons. The molecule has 1 aliphatic heterocycles.